The van der Waals surface area contributed by atoms with Gasteiger partial charge in [-0.15, -0.1) is 0 Å². The molecular formula is C44H47ClFN9O6. The minimum absolute atomic E-state index is 0.0103. The van der Waals surface area contributed by atoms with E-state index in [9.17, 15) is 24.0 Å². The van der Waals surface area contributed by atoms with E-state index in [1.165, 1.54) is 6.07 Å². The number of rotatable bonds is 9. The highest BCUT2D eigenvalue weighted by atomic mass is 35.5. The average molecular weight is 852 g/mol. The van der Waals surface area contributed by atoms with Crippen LogP contribution in [0.2, 0.25) is 5.02 Å². The molecule has 5 fully saturated rings. The second kappa shape index (κ2) is 16.7. The largest absolute Gasteiger partial charge is 0.490 e. The zero-order valence-electron chi connectivity index (χ0n) is 33.7. The summed E-state index contributed by atoms with van der Waals surface area (Å²) in [5.74, 6) is -1.98. The SMILES string of the molecule is N#Cc1ccc(OC2CCC(NC(=O)c3ncc(N4CCC(CN5CCC6(CC5)CN(c5cc7c(cc5F)C(=O)N(C5CCC(=O)NC5=O)C7=O)C6)CC4)cn3)CC2)cc1Cl. The van der Waals surface area contributed by atoms with E-state index >= 15 is 4.39 Å². The first-order chi connectivity index (χ1) is 29.5. The molecule has 1 atom stereocenters. The summed E-state index contributed by atoms with van der Waals surface area (Å²) in [5.41, 5.74) is 1.73. The molecule has 9 rings (SSSR count). The highest BCUT2D eigenvalue weighted by molar-refractivity contribution is 6.31. The molecule has 1 aromatic heterocycles. The Bertz CT molecular complexity index is 2290. The fourth-order valence-corrected chi connectivity index (χ4v) is 10.2. The molecule has 6 heterocycles. The lowest BCUT2D eigenvalue weighted by molar-refractivity contribution is -0.136. The molecule has 2 aromatic carbocycles. The number of ether oxygens (including phenoxy) is 1. The number of halogens is 2. The van der Waals surface area contributed by atoms with E-state index in [0.717, 1.165) is 101 Å². The van der Waals surface area contributed by atoms with Gasteiger partial charge < -0.3 is 24.8 Å². The van der Waals surface area contributed by atoms with Gasteiger partial charge in [-0.3, -0.25) is 34.2 Å². The van der Waals surface area contributed by atoms with Crippen molar-refractivity contribution in [2.45, 2.75) is 82.4 Å². The Balaban J connectivity index is 0.692. The third-order valence-electron chi connectivity index (χ3n) is 13.5. The van der Waals surface area contributed by atoms with E-state index in [0.29, 0.717) is 41.0 Å². The third-order valence-corrected chi connectivity index (χ3v) is 13.8. The first-order valence-electron chi connectivity index (χ1n) is 21.2. The van der Waals surface area contributed by atoms with E-state index in [1.807, 2.05) is 11.0 Å². The lowest BCUT2D eigenvalue weighted by atomic mass is 9.71. The summed E-state index contributed by atoms with van der Waals surface area (Å²) in [5, 5.41) is 14.7. The molecule has 17 heteroatoms. The van der Waals surface area contributed by atoms with Gasteiger partial charge in [-0.1, -0.05) is 11.6 Å². The van der Waals surface area contributed by atoms with Gasteiger partial charge in [-0.05, 0) is 101 Å². The number of carbonyl (C=O) groups is 5. The number of nitrogens with one attached hydrogen (secondary N) is 2. The molecule has 1 spiro atoms. The number of likely N-dealkylation sites (tertiary alicyclic amines) is 1. The number of hydrogen-bond donors (Lipinski definition) is 2. The Labute approximate surface area is 357 Å². The molecule has 15 nitrogen and oxygen atoms in total. The lowest BCUT2D eigenvalue weighted by Gasteiger charge is -2.55. The van der Waals surface area contributed by atoms with Crippen LogP contribution in [0.3, 0.4) is 0 Å². The van der Waals surface area contributed by atoms with Crippen molar-refractivity contribution >= 4 is 52.5 Å². The van der Waals surface area contributed by atoms with Crippen molar-refractivity contribution in [1.29, 1.82) is 5.26 Å². The number of nitriles is 1. The van der Waals surface area contributed by atoms with Crippen LogP contribution in [0, 0.1) is 28.5 Å². The number of piperidine rings is 3. The number of anilines is 2. The van der Waals surface area contributed by atoms with Crippen molar-refractivity contribution in [3.63, 3.8) is 0 Å². The van der Waals surface area contributed by atoms with Gasteiger partial charge in [0.25, 0.3) is 17.7 Å². The standard InChI is InChI=1S/C44H47ClFN9O6/c45-34-17-31(4-1-27(34)20-47)61-30-5-2-28(3-6-30)50-41(58)39-48-21-29(22-49-39)53-13-9-26(10-14-53)23-52-15-11-44(12-16-52)24-54(25-44)37-19-33-32(18-35(37)46)42(59)55(43(33)60)36-7-8-38(56)51-40(36)57/h1,4,17-19,21-22,26,28,30,36H,2-3,5-16,23-25H2,(H,50,58)(H,51,56,57). The number of carbonyl (C=O) groups excluding carboxylic acids is 5. The predicted molar refractivity (Wildman–Crippen MR) is 221 cm³/mol. The topological polar surface area (TPSA) is 181 Å². The minimum atomic E-state index is -1.09. The number of fused-ring (bicyclic) bond motifs is 1. The molecule has 0 bridgehead atoms. The van der Waals surface area contributed by atoms with E-state index in [1.54, 1.807) is 30.6 Å². The van der Waals surface area contributed by atoms with E-state index < -0.39 is 35.5 Å². The second-order valence-electron chi connectivity index (χ2n) is 17.5. The first kappa shape index (κ1) is 40.7. The summed E-state index contributed by atoms with van der Waals surface area (Å²) in [6.07, 6.45) is 10.7. The normalized spacial score (nSPS) is 24.3. The number of benzene rings is 2. The van der Waals surface area contributed by atoms with Gasteiger partial charge in [-0.25, -0.2) is 14.4 Å². The van der Waals surface area contributed by atoms with Gasteiger partial charge in [0.2, 0.25) is 17.6 Å². The average Bonchev–Trinajstić information content (AvgIpc) is 3.48. The molecule has 1 unspecified atom stereocenters. The molecule has 2 N–H and O–H groups in total. The van der Waals surface area contributed by atoms with E-state index in [-0.39, 0.29) is 53.3 Å². The van der Waals surface area contributed by atoms with Gasteiger partial charge in [0.1, 0.15) is 23.7 Å². The molecule has 1 saturated carbocycles. The van der Waals surface area contributed by atoms with E-state index in [4.69, 9.17) is 21.6 Å². The van der Waals surface area contributed by atoms with Crippen LogP contribution >= 0.6 is 11.6 Å². The van der Waals surface area contributed by atoms with Crippen molar-refractivity contribution in [3.8, 4) is 11.8 Å². The molecule has 318 valence electrons. The van der Waals surface area contributed by atoms with Gasteiger partial charge in [-0.2, -0.15) is 5.26 Å². The summed E-state index contributed by atoms with van der Waals surface area (Å²) in [6.45, 7) is 6.08. The number of aromatic nitrogens is 2. The molecule has 0 radical (unpaired) electrons. The molecule has 5 aliphatic heterocycles. The Morgan fingerprint density at radius 3 is 2.26 bits per heavy atom. The fourth-order valence-electron chi connectivity index (χ4n) is 9.95. The van der Waals surface area contributed by atoms with Crippen LogP contribution in [0.5, 0.6) is 5.75 Å². The number of imide groups is 2. The Morgan fingerprint density at radius 1 is 0.918 bits per heavy atom. The predicted octanol–water partition coefficient (Wildman–Crippen LogP) is 4.48. The maximum atomic E-state index is 15.4. The Hall–Kier alpha value is -5.66. The maximum absolute atomic E-state index is 15.4. The van der Waals surface area contributed by atoms with Gasteiger partial charge in [0, 0.05) is 56.7 Å². The lowest BCUT2D eigenvalue weighted by Crippen LogP contribution is -2.61. The highest BCUT2D eigenvalue weighted by Gasteiger charge is 2.48. The molecule has 4 saturated heterocycles. The summed E-state index contributed by atoms with van der Waals surface area (Å²) in [4.78, 5) is 80.0. The van der Waals surface area contributed by atoms with Crippen molar-refractivity contribution in [3.05, 3.63) is 76.1 Å². The van der Waals surface area contributed by atoms with Crippen molar-refractivity contribution < 1.29 is 33.1 Å². The fraction of sp³-hybridized carbons (Fsp3) is 0.500. The van der Waals surface area contributed by atoms with Crippen LogP contribution in [0.4, 0.5) is 15.8 Å². The summed E-state index contributed by atoms with van der Waals surface area (Å²) in [7, 11) is 0. The van der Waals surface area contributed by atoms with Crippen LogP contribution in [-0.2, 0) is 9.59 Å². The van der Waals surface area contributed by atoms with Gasteiger partial charge in [0.05, 0.1) is 51.6 Å². The van der Waals surface area contributed by atoms with Crippen molar-refractivity contribution in [2.24, 2.45) is 11.3 Å². The van der Waals surface area contributed by atoms with Crippen LogP contribution in [0.25, 0.3) is 0 Å². The van der Waals surface area contributed by atoms with Gasteiger partial charge in [0.15, 0.2) is 0 Å². The van der Waals surface area contributed by atoms with Gasteiger partial charge >= 0.3 is 0 Å². The molecule has 1 aliphatic carbocycles. The van der Waals surface area contributed by atoms with Crippen LogP contribution < -0.4 is 25.2 Å². The monoisotopic (exact) mass is 851 g/mol. The zero-order chi connectivity index (χ0) is 42.4. The maximum Gasteiger partial charge on any atom is 0.289 e. The number of hydrogen-bond acceptors (Lipinski definition) is 12. The molecule has 3 aromatic rings. The second-order valence-corrected chi connectivity index (χ2v) is 17.9. The Morgan fingerprint density at radius 2 is 1.61 bits per heavy atom. The molecule has 61 heavy (non-hydrogen) atoms. The third kappa shape index (κ3) is 8.25. The first-order valence-corrected chi connectivity index (χ1v) is 21.6. The number of amides is 5. The van der Waals surface area contributed by atoms with Crippen LogP contribution in [0.1, 0.15) is 101 Å². The number of nitrogens with zero attached hydrogens (tertiary/aromatic N) is 7. The quantitative estimate of drug-likeness (QED) is 0.289. The highest BCUT2D eigenvalue weighted by Crippen LogP contribution is 2.45. The zero-order valence-corrected chi connectivity index (χ0v) is 34.5. The summed E-state index contributed by atoms with van der Waals surface area (Å²) >= 11 is 6.15. The van der Waals surface area contributed by atoms with Crippen molar-refractivity contribution in [1.82, 2.24) is 30.4 Å². The molecular weight excluding hydrogens is 805 g/mol. The van der Waals surface area contributed by atoms with Crippen LogP contribution in [0.15, 0.2) is 42.7 Å². The Kier molecular flexibility index (Phi) is 11.1. The smallest absolute Gasteiger partial charge is 0.289 e. The summed E-state index contributed by atoms with van der Waals surface area (Å²) < 4.78 is 21.5. The minimum Gasteiger partial charge on any atom is -0.490 e. The van der Waals surface area contributed by atoms with E-state index in [2.05, 4.69) is 30.4 Å². The molecule has 5 amide bonds. The summed E-state index contributed by atoms with van der Waals surface area (Å²) in [6, 6.07) is 8.60. The molecule has 6 aliphatic rings. The van der Waals surface area contributed by atoms with Crippen molar-refractivity contribution in [2.75, 3.05) is 55.6 Å². The van der Waals surface area contributed by atoms with Crippen LogP contribution in [-0.4, -0.2) is 113 Å².